The van der Waals surface area contributed by atoms with Crippen molar-refractivity contribution in [2.24, 2.45) is 5.41 Å². The van der Waals surface area contributed by atoms with Gasteiger partial charge in [0.2, 0.25) is 0 Å². The first-order chi connectivity index (χ1) is 10.0. The van der Waals surface area contributed by atoms with Gasteiger partial charge in [0.1, 0.15) is 5.69 Å². The van der Waals surface area contributed by atoms with Crippen LogP contribution in [0.5, 0.6) is 0 Å². The predicted molar refractivity (Wildman–Crippen MR) is 75.1 cm³/mol. The highest BCUT2D eigenvalue weighted by molar-refractivity contribution is 5.93. The Kier molecular flexibility index (Phi) is 3.44. The Morgan fingerprint density at radius 3 is 2.76 bits per heavy atom. The van der Waals surface area contributed by atoms with E-state index in [0.717, 1.165) is 25.7 Å². The summed E-state index contributed by atoms with van der Waals surface area (Å²) in [4.78, 5) is 22.7. The molecule has 1 aromatic rings. The molecule has 0 aliphatic heterocycles. The Bertz CT molecular complexity index is 573. The number of aliphatic hydroxyl groups excluding tert-OH is 1. The lowest BCUT2D eigenvalue weighted by molar-refractivity contribution is -0.384. The lowest BCUT2D eigenvalue weighted by Crippen LogP contribution is -2.32. The molecule has 0 saturated heterocycles. The van der Waals surface area contributed by atoms with Gasteiger partial charge in [-0.3, -0.25) is 14.9 Å². The van der Waals surface area contributed by atoms with E-state index in [9.17, 15) is 14.9 Å². The topological polar surface area (TPSA) is 97.4 Å². The van der Waals surface area contributed by atoms with E-state index in [4.69, 9.17) is 5.11 Å². The van der Waals surface area contributed by atoms with Crippen LogP contribution in [-0.4, -0.2) is 33.7 Å². The molecule has 0 atom stereocenters. The fourth-order valence-electron chi connectivity index (χ4n) is 2.69. The van der Waals surface area contributed by atoms with Crippen molar-refractivity contribution in [3.05, 3.63) is 28.1 Å². The first kappa shape index (κ1) is 14.1. The average molecular weight is 293 g/mol. The third-order valence-electron chi connectivity index (χ3n) is 4.44. The van der Waals surface area contributed by atoms with Crippen molar-refractivity contribution in [1.29, 1.82) is 0 Å². The van der Waals surface area contributed by atoms with E-state index >= 15 is 0 Å². The van der Waals surface area contributed by atoms with E-state index < -0.39 is 4.92 Å². The highest BCUT2D eigenvalue weighted by Gasteiger charge is 2.42. The van der Waals surface area contributed by atoms with E-state index in [1.54, 1.807) is 4.57 Å². The Labute approximate surface area is 122 Å². The summed E-state index contributed by atoms with van der Waals surface area (Å²) in [6, 6.07) is 1.56. The van der Waals surface area contributed by atoms with Crippen LogP contribution in [0.1, 0.15) is 48.6 Å². The average Bonchev–Trinajstić information content (AvgIpc) is 3.37. The molecule has 2 fully saturated rings. The number of amides is 1. The number of nitrogens with zero attached hydrogens (tertiary/aromatic N) is 2. The molecular formula is C14H19N3O4. The van der Waals surface area contributed by atoms with Gasteiger partial charge in [-0.2, -0.15) is 0 Å². The standard InChI is InChI=1S/C14H19N3O4/c18-6-5-14(3-4-14)9-15-13(19)12-7-11(17(20)21)8-16(12)10-1-2-10/h7-8,10,18H,1-6,9H2,(H,15,19). The summed E-state index contributed by atoms with van der Waals surface area (Å²) in [5, 5.41) is 22.8. The summed E-state index contributed by atoms with van der Waals surface area (Å²) in [6.07, 6.45) is 6.08. The minimum absolute atomic E-state index is 0.0351. The van der Waals surface area contributed by atoms with Gasteiger partial charge in [0, 0.05) is 25.3 Å². The van der Waals surface area contributed by atoms with Crippen molar-refractivity contribution in [2.75, 3.05) is 13.2 Å². The smallest absolute Gasteiger partial charge is 0.287 e. The van der Waals surface area contributed by atoms with Gasteiger partial charge in [0.15, 0.2) is 0 Å². The Morgan fingerprint density at radius 2 is 2.24 bits per heavy atom. The van der Waals surface area contributed by atoms with E-state index in [-0.39, 0.29) is 29.7 Å². The van der Waals surface area contributed by atoms with E-state index in [2.05, 4.69) is 5.32 Å². The Morgan fingerprint density at radius 1 is 1.52 bits per heavy atom. The minimum atomic E-state index is -0.468. The molecule has 0 spiro atoms. The number of aromatic nitrogens is 1. The molecule has 2 aliphatic carbocycles. The second-order valence-corrected chi connectivity index (χ2v) is 6.14. The highest BCUT2D eigenvalue weighted by Crippen LogP contribution is 2.48. The second kappa shape index (κ2) is 5.14. The van der Waals surface area contributed by atoms with Gasteiger partial charge in [-0.1, -0.05) is 0 Å². The maximum Gasteiger partial charge on any atom is 0.287 e. The molecule has 0 unspecified atom stereocenters. The number of nitro groups is 1. The van der Waals surface area contributed by atoms with Gasteiger partial charge < -0.3 is 15.0 Å². The summed E-state index contributed by atoms with van der Waals surface area (Å²) >= 11 is 0. The molecule has 21 heavy (non-hydrogen) atoms. The van der Waals surface area contributed by atoms with Gasteiger partial charge in [-0.05, 0) is 37.5 Å². The summed E-state index contributed by atoms with van der Waals surface area (Å²) in [6.45, 7) is 0.649. The minimum Gasteiger partial charge on any atom is -0.396 e. The van der Waals surface area contributed by atoms with Gasteiger partial charge in [0.05, 0.1) is 11.1 Å². The fourth-order valence-corrected chi connectivity index (χ4v) is 2.69. The maximum atomic E-state index is 12.3. The van der Waals surface area contributed by atoms with Crippen LogP contribution in [0.2, 0.25) is 0 Å². The Hall–Kier alpha value is -1.89. The van der Waals surface area contributed by atoms with Gasteiger partial charge in [-0.15, -0.1) is 0 Å². The third-order valence-corrected chi connectivity index (χ3v) is 4.44. The molecule has 7 nitrogen and oxygen atoms in total. The van der Waals surface area contributed by atoms with Gasteiger partial charge in [-0.25, -0.2) is 0 Å². The summed E-state index contributed by atoms with van der Waals surface area (Å²) < 4.78 is 1.72. The van der Waals surface area contributed by atoms with Crippen molar-refractivity contribution in [3.63, 3.8) is 0 Å². The van der Waals surface area contributed by atoms with Crippen LogP contribution >= 0.6 is 0 Å². The number of hydrogen-bond donors (Lipinski definition) is 2. The lowest BCUT2D eigenvalue weighted by Gasteiger charge is -2.15. The largest absolute Gasteiger partial charge is 0.396 e. The van der Waals surface area contributed by atoms with Crippen LogP contribution in [-0.2, 0) is 0 Å². The third kappa shape index (κ3) is 2.92. The summed E-state index contributed by atoms with van der Waals surface area (Å²) in [5.74, 6) is -0.265. The van der Waals surface area contributed by atoms with Crippen LogP contribution in [0.25, 0.3) is 0 Å². The molecule has 3 rings (SSSR count). The van der Waals surface area contributed by atoms with Crippen molar-refractivity contribution in [3.8, 4) is 0 Å². The van der Waals surface area contributed by atoms with Crippen LogP contribution < -0.4 is 5.32 Å². The maximum absolute atomic E-state index is 12.3. The van der Waals surface area contributed by atoms with Crippen molar-refractivity contribution in [2.45, 2.75) is 38.1 Å². The SMILES string of the molecule is O=C(NCC1(CCO)CC1)c1cc([N+](=O)[O-])cn1C1CC1. The first-order valence-corrected chi connectivity index (χ1v) is 7.30. The predicted octanol–water partition coefficient (Wildman–Crippen LogP) is 1.62. The molecule has 2 saturated carbocycles. The number of hydrogen-bond acceptors (Lipinski definition) is 4. The zero-order valence-corrected chi connectivity index (χ0v) is 11.7. The number of carbonyl (C=O) groups excluding carboxylic acids is 1. The fraction of sp³-hybridized carbons (Fsp3) is 0.643. The number of carbonyl (C=O) groups is 1. The number of aliphatic hydroxyl groups is 1. The van der Waals surface area contributed by atoms with Crippen LogP contribution in [0.4, 0.5) is 5.69 Å². The molecule has 114 valence electrons. The van der Waals surface area contributed by atoms with Crippen molar-refractivity contribution >= 4 is 11.6 Å². The van der Waals surface area contributed by atoms with E-state index in [1.165, 1.54) is 12.3 Å². The summed E-state index contributed by atoms with van der Waals surface area (Å²) in [5.41, 5.74) is 0.361. The van der Waals surface area contributed by atoms with Crippen LogP contribution in [0.3, 0.4) is 0 Å². The lowest BCUT2D eigenvalue weighted by atomic mass is 10.0. The normalized spacial score (nSPS) is 19.3. The van der Waals surface area contributed by atoms with Crippen LogP contribution in [0.15, 0.2) is 12.3 Å². The number of nitrogens with one attached hydrogen (secondary N) is 1. The molecule has 7 heteroatoms. The monoisotopic (exact) mass is 293 g/mol. The molecule has 0 aromatic carbocycles. The van der Waals surface area contributed by atoms with E-state index in [0.29, 0.717) is 18.7 Å². The molecule has 1 amide bonds. The van der Waals surface area contributed by atoms with Crippen LogP contribution in [0, 0.1) is 15.5 Å². The highest BCUT2D eigenvalue weighted by atomic mass is 16.6. The molecule has 0 radical (unpaired) electrons. The first-order valence-electron chi connectivity index (χ1n) is 7.30. The van der Waals surface area contributed by atoms with Gasteiger partial charge >= 0.3 is 0 Å². The van der Waals surface area contributed by atoms with Crippen molar-refractivity contribution in [1.82, 2.24) is 9.88 Å². The molecule has 0 bridgehead atoms. The zero-order chi connectivity index (χ0) is 15.0. The number of rotatable bonds is 7. The molecule has 2 N–H and O–H groups in total. The van der Waals surface area contributed by atoms with Gasteiger partial charge in [0.25, 0.3) is 11.6 Å². The quantitative estimate of drug-likeness (QED) is 0.589. The molecule has 2 aliphatic rings. The van der Waals surface area contributed by atoms with Crippen molar-refractivity contribution < 1.29 is 14.8 Å². The Balaban J connectivity index is 1.70. The zero-order valence-electron chi connectivity index (χ0n) is 11.7. The molecule has 1 aromatic heterocycles. The summed E-state index contributed by atoms with van der Waals surface area (Å²) in [7, 11) is 0. The van der Waals surface area contributed by atoms with E-state index in [1.807, 2.05) is 0 Å². The second-order valence-electron chi connectivity index (χ2n) is 6.14. The molecular weight excluding hydrogens is 274 g/mol. The molecule has 1 heterocycles.